The highest BCUT2D eigenvalue weighted by molar-refractivity contribution is 6.35. The lowest BCUT2D eigenvalue weighted by molar-refractivity contribution is 0.888. The lowest BCUT2D eigenvalue weighted by Crippen LogP contribution is -2.30. The molecule has 6 nitrogen and oxygen atoms in total. The number of amidine groups is 1. The Hall–Kier alpha value is -3.27. The number of anilines is 2. The predicted octanol–water partition coefficient (Wildman–Crippen LogP) is 4.49. The summed E-state index contributed by atoms with van der Waals surface area (Å²) in [4.78, 5) is 8.90. The molecule has 1 heterocycles. The van der Waals surface area contributed by atoms with E-state index in [0.717, 1.165) is 11.1 Å². The molecule has 3 aromatic rings. The van der Waals surface area contributed by atoms with Crippen molar-refractivity contribution < 1.29 is 0 Å². The van der Waals surface area contributed by atoms with E-state index in [4.69, 9.17) is 39.2 Å². The molecule has 1 aromatic heterocycles. The molecule has 0 radical (unpaired) electrons. The van der Waals surface area contributed by atoms with Gasteiger partial charge in [-0.15, -0.1) is 0 Å². The van der Waals surface area contributed by atoms with Crippen molar-refractivity contribution in [2.75, 3.05) is 24.1 Å². The van der Waals surface area contributed by atoms with E-state index in [-0.39, 0.29) is 0 Å². The maximum absolute atomic E-state index is 8.84. The molecule has 0 amide bonds. The van der Waals surface area contributed by atoms with Crippen LogP contribution in [0.2, 0.25) is 10.0 Å². The van der Waals surface area contributed by atoms with Gasteiger partial charge in [-0.3, -0.25) is 4.99 Å². The summed E-state index contributed by atoms with van der Waals surface area (Å²) >= 11 is 12.2. The van der Waals surface area contributed by atoms with Crippen LogP contribution >= 0.6 is 23.2 Å². The standard InChI is InChI=1S/C22H20Cl2N6/c23-17-7-6-16(19(24)11-17)14-30-22(18-3-1-2-4-20(18)26)28-10-9-27-21-8-5-15(12-25)13-29-21/h1-8,11,13H,9-10,14,26H2,(H,27,29)(H,28,30). The quantitative estimate of drug-likeness (QED) is 0.218. The first kappa shape index (κ1) is 21.4. The third-order valence-corrected chi connectivity index (χ3v) is 4.84. The molecule has 0 aliphatic heterocycles. The van der Waals surface area contributed by atoms with Gasteiger partial charge in [0.2, 0.25) is 0 Å². The van der Waals surface area contributed by atoms with Crippen molar-refractivity contribution in [2.24, 2.45) is 4.99 Å². The molecule has 0 aliphatic rings. The van der Waals surface area contributed by atoms with Crippen LogP contribution in [-0.2, 0) is 6.54 Å². The van der Waals surface area contributed by atoms with E-state index in [1.165, 1.54) is 6.20 Å². The molecule has 0 aliphatic carbocycles. The lowest BCUT2D eigenvalue weighted by atomic mass is 10.1. The first-order valence-corrected chi connectivity index (χ1v) is 9.99. The average molecular weight is 439 g/mol. The van der Waals surface area contributed by atoms with Gasteiger partial charge in [0.1, 0.15) is 17.7 Å². The van der Waals surface area contributed by atoms with Gasteiger partial charge in [-0.1, -0.05) is 41.4 Å². The number of nitrogens with one attached hydrogen (secondary N) is 2. The zero-order chi connectivity index (χ0) is 21.3. The minimum atomic E-state index is 0.386. The van der Waals surface area contributed by atoms with Gasteiger partial charge >= 0.3 is 0 Å². The second-order valence-corrected chi connectivity index (χ2v) is 7.23. The third-order valence-electron chi connectivity index (χ3n) is 4.25. The Morgan fingerprint density at radius 3 is 2.63 bits per heavy atom. The minimum absolute atomic E-state index is 0.386. The molecule has 152 valence electrons. The van der Waals surface area contributed by atoms with Crippen LogP contribution < -0.4 is 16.4 Å². The lowest BCUT2D eigenvalue weighted by Gasteiger charge is -2.13. The van der Waals surface area contributed by atoms with Crippen molar-refractivity contribution >= 4 is 40.5 Å². The van der Waals surface area contributed by atoms with Crippen LogP contribution in [0.4, 0.5) is 11.5 Å². The van der Waals surface area contributed by atoms with E-state index in [1.807, 2.05) is 36.4 Å². The zero-order valence-corrected chi connectivity index (χ0v) is 17.6. The van der Waals surface area contributed by atoms with Crippen LogP contribution in [0.25, 0.3) is 0 Å². The number of aliphatic imine (C=N–C) groups is 1. The number of hydrogen-bond acceptors (Lipinski definition) is 5. The van der Waals surface area contributed by atoms with Gasteiger partial charge in [0.05, 0.1) is 12.1 Å². The molecular weight excluding hydrogens is 419 g/mol. The smallest absolute Gasteiger partial charge is 0.130 e. The van der Waals surface area contributed by atoms with Gasteiger partial charge in [-0.2, -0.15) is 5.26 Å². The summed E-state index contributed by atoms with van der Waals surface area (Å²) < 4.78 is 0. The van der Waals surface area contributed by atoms with E-state index in [9.17, 15) is 0 Å². The molecule has 8 heteroatoms. The van der Waals surface area contributed by atoms with Crippen molar-refractivity contribution in [3.63, 3.8) is 0 Å². The fraction of sp³-hybridized carbons (Fsp3) is 0.136. The maximum Gasteiger partial charge on any atom is 0.130 e. The molecule has 3 rings (SSSR count). The number of aromatic nitrogens is 1. The molecule has 0 atom stereocenters. The van der Waals surface area contributed by atoms with Crippen molar-refractivity contribution in [1.82, 2.24) is 10.3 Å². The van der Waals surface area contributed by atoms with Crippen LogP contribution in [0.1, 0.15) is 16.7 Å². The Kier molecular flexibility index (Phi) is 7.50. The number of nitrogen functional groups attached to an aromatic ring is 1. The largest absolute Gasteiger partial charge is 0.398 e. The fourth-order valence-electron chi connectivity index (χ4n) is 2.70. The van der Waals surface area contributed by atoms with Crippen molar-refractivity contribution in [2.45, 2.75) is 6.54 Å². The second-order valence-electron chi connectivity index (χ2n) is 6.39. The van der Waals surface area contributed by atoms with Gasteiger partial charge in [-0.05, 0) is 42.0 Å². The van der Waals surface area contributed by atoms with Crippen molar-refractivity contribution in [1.29, 1.82) is 5.26 Å². The summed E-state index contributed by atoms with van der Waals surface area (Å²) in [5.41, 5.74) is 8.99. The van der Waals surface area contributed by atoms with Gasteiger partial charge in [0.15, 0.2) is 0 Å². The van der Waals surface area contributed by atoms with Gasteiger partial charge in [-0.25, -0.2) is 4.98 Å². The monoisotopic (exact) mass is 438 g/mol. The highest BCUT2D eigenvalue weighted by atomic mass is 35.5. The van der Waals surface area contributed by atoms with Crippen LogP contribution in [0.3, 0.4) is 0 Å². The highest BCUT2D eigenvalue weighted by Gasteiger charge is 2.08. The number of nitrogens with zero attached hydrogens (tertiary/aromatic N) is 3. The molecular formula is C22H20Cl2N6. The Labute approximate surface area is 185 Å². The van der Waals surface area contributed by atoms with Gasteiger partial charge in [0, 0.05) is 40.6 Å². The average Bonchev–Trinajstić information content (AvgIpc) is 2.75. The van der Waals surface area contributed by atoms with Crippen LogP contribution in [-0.4, -0.2) is 23.9 Å². The number of benzene rings is 2. The molecule has 2 aromatic carbocycles. The molecule has 0 saturated heterocycles. The summed E-state index contributed by atoms with van der Waals surface area (Å²) in [6.07, 6.45) is 1.53. The molecule has 4 N–H and O–H groups in total. The van der Waals surface area contributed by atoms with Crippen molar-refractivity contribution in [3.8, 4) is 6.07 Å². The zero-order valence-electron chi connectivity index (χ0n) is 16.1. The first-order chi connectivity index (χ1) is 14.6. The fourth-order valence-corrected chi connectivity index (χ4v) is 3.17. The molecule has 0 bridgehead atoms. The van der Waals surface area contributed by atoms with E-state index in [2.05, 4.69) is 15.6 Å². The Morgan fingerprint density at radius 1 is 1.10 bits per heavy atom. The van der Waals surface area contributed by atoms with E-state index >= 15 is 0 Å². The predicted molar refractivity (Wildman–Crippen MR) is 123 cm³/mol. The molecule has 0 spiro atoms. The first-order valence-electron chi connectivity index (χ1n) is 9.24. The molecule has 30 heavy (non-hydrogen) atoms. The molecule has 0 saturated carbocycles. The topological polar surface area (TPSA) is 99.1 Å². The van der Waals surface area contributed by atoms with Gasteiger partial charge in [0.25, 0.3) is 0 Å². The minimum Gasteiger partial charge on any atom is -0.398 e. The van der Waals surface area contributed by atoms with Crippen LogP contribution in [0, 0.1) is 11.3 Å². The highest BCUT2D eigenvalue weighted by Crippen LogP contribution is 2.22. The number of nitrogens with two attached hydrogens (primary N) is 1. The van der Waals surface area contributed by atoms with E-state index in [1.54, 1.807) is 24.3 Å². The number of nitriles is 1. The summed E-state index contributed by atoms with van der Waals surface area (Å²) in [6, 6.07) is 18.4. The normalized spacial score (nSPS) is 11.0. The number of rotatable bonds is 7. The number of pyridine rings is 1. The number of hydrogen-bond donors (Lipinski definition) is 3. The summed E-state index contributed by atoms with van der Waals surface area (Å²) in [5.74, 6) is 1.37. The number of para-hydroxylation sites is 1. The van der Waals surface area contributed by atoms with Gasteiger partial charge < -0.3 is 16.4 Å². The number of halogens is 2. The third kappa shape index (κ3) is 5.86. The van der Waals surface area contributed by atoms with Crippen LogP contribution in [0.15, 0.2) is 65.8 Å². The Bertz CT molecular complexity index is 1070. The second kappa shape index (κ2) is 10.5. The SMILES string of the molecule is N#Cc1ccc(NCCNC(=NCc2ccc(Cl)cc2Cl)c2ccccc2N)nc1. The molecule has 0 fully saturated rings. The van der Waals surface area contributed by atoms with E-state index in [0.29, 0.717) is 52.6 Å². The summed E-state index contributed by atoms with van der Waals surface area (Å²) in [7, 11) is 0. The maximum atomic E-state index is 8.84. The Morgan fingerprint density at radius 2 is 1.93 bits per heavy atom. The van der Waals surface area contributed by atoms with Crippen LogP contribution in [0.5, 0.6) is 0 Å². The Balaban J connectivity index is 1.68. The van der Waals surface area contributed by atoms with Crippen molar-refractivity contribution in [3.05, 3.63) is 87.5 Å². The van der Waals surface area contributed by atoms with E-state index < -0.39 is 0 Å². The summed E-state index contributed by atoms with van der Waals surface area (Å²) in [6.45, 7) is 1.58. The molecule has 0 unspecified atom stereocenters. The summed E-state index contributed by atoms with van der Waals surface area (Å²) in [5, 5.41) is 16.5.